The largest absolute Gasteiger partial charge is 0.482 e. The molecule has 94 valence electrons. The van der Waals surface area contributed by atoms with Gasteiger partial charge in [0.1, 0.15) is 5.75 Å². The Balaban J connectivity index is 2.78. The molecular formula is C12H17BrN2O2. The van der Waals surface area contributed by atoms with Gasteiger partial charge in [-0.3, -0.25) is 4.79 Å². The maximum Gasteiger partial charge on any atom is 0.259 e. The Morgan fingerprint density at radius 3 is 2.76 bits per heavy atom. The van der Waals surface area contributed by atoms with Gasteiger partial charge in [0.05, 0.1) is 4.47 Å². The molecule has 1 aromatic carbocycles. The first-order chi connectivity index (χ1) is 8.06. The third kappa shape index (κ3) is 4.02. The van der Waals surface area contributed by atoms with Crippen LogP contribution in [0.3, 0.4) is 0 Å². The summed E-state index contributed by atoms with van der Waals surface area (Å²) >= 11 is 3.43. The molecule has 1 rings (SSSR count). The third-order valence-electron chi connectivity index (χ3n) is 2.25. The van der Waals surface area contributed by atoms with Gasteiger partial charge >= 0.3 is 0 Å². The zero-order valence-electron chi connectivity index (χ0n) is 10.3. The highest BCUT2D eigenvalue weighted by Gasteiger charge is 2.10. The average molecular weight is 301 g/mol. The molecule has 5 heteroatoms. The zero-order chi connectivity index (χ0) is 12.8. The maximum absolute atomic E-state index is 11.5. The van der Waals surface area contributed by atoms with Gasteiger partial charge in [0.15, 0.2) is 6.61 Å². The molecule has 0 heterocycles. The summed E-state index contributed by atoms with van der Waals surface area (Å²) in [7, 11) is 5.29. The van der Waals surface area contributed by atoms with Crippen molar-refractivity contribution in [2.75, 3.05) is 27.7 Å². The minimum atomic E-state index is -0.0591. The third-order valence-corrected chi connectivity index (χ3v) is 2.88. The summed E-state index contributed by atoms with van der Waals surface area (Å²) in [5.41, 5.74) is 1.02. The van der Waals surface area contributed by atoms with Gasteiger partial charge in [0.2, 0.25) is 0 Å². The van der Waals surface area contributed by atoms with Gasteiger partial charge in [-0.15, -0.1) is 0 Å². The minimum Gasteiger partial charge on any atom is -0.482 e. The van der Waals surface area contributed by atoms with Crippen LogP contribution in [-0.4, -0.2) is 38.6 Å². The molecule has 0 aliphatic rings. The second-order valence-electron chi connectivity index (χ2n) is 3.84. The van der Waals surface area contributed by atoms with E-state index in [-0.39, 0.29) is 12.5 Å². The molecule has 0 saturated carbocycles. The highest BCUT2D eigenvalue weighted by atomic mass is 79.9. The first-order valence-corrected chi connectivity index (χ1v) is 6.10. The van der Waals surface area contributed by atoms with Gasteiger partial charge in [-0.05, 0) is 29.0 Å². The van der Waals surface area contributed by atoms with Crippen LogP contribution < -0.4 is 10.1 Å². The fraction of sp³-hybridized carbons (Fsp3) is 0.417. The summed E-state index contributed by atoms with van der Waals surface area (Å²) in [4.78, 5) is 13.0. The van der Waals surface area contributed by atoms with E-state index in [1.54, 1.807) is 14.1 Å². The van der Waals surface area contributed by atoms with Crippen molar-refractivity contribution in [1.82, 2.24) is 10.2 Å². The van der Waals surface area contributed by atoms with Gasteiger partial charge in [-0.25, -0.2) is 0 Å². The van der Waals surface area contributed by atoms with Crippen molar-refractivity contribution in [3.8, 4) is 5.75 Å². The molecule has 0 aromatic heterocycles. The van der Waals surface area contributed by atoms with Crippen LogP contribution in [0.5, 0.6) is 5.75 Å². The Kier molecular flexibility index (Phi) is 5.44. The lowest BCUT2D eigenvalue weighted by atomic mass is 10.2. The van der Waals surface area contributed by atoms with Gasteiger partial charge in [-0.1, -0.05) is 12.1 Å². The van der Waals surface area contributed by atoms with E-state index < -0.39 is 0 Å². The molecule has 0 atom stereocenters. The van der Waals surface area contributed by atoms with Crippen LogP contribution in [0.2, 0.25) is 0 Å². The highest BCUT2D eigenvalue weighted by molar-refractivity contribution is 9.10. The fourth-order valence-electron chi connectivity index (χ4n) is 1.31. The Morgan fingerprint density at radius 1 is 1.47 bits per heavy atom. The number of para-hydroxylation sites is 1. The molecule has 1 aromatic rings. The van der Waals surface area contributed by atoms with Crippen molar-refractivity contribution in [1.29, 1.82) is 0 Å². The van der Waals surface area contributed by atoms with E-state index in [0.29, 0.717) is 6.54 Å². The zero-order valence-corrected chi connectivity index (χ0v) is 11.9. The van der Waals surface area contributed by atoms with E-state index in [9.17, 15) is 4.79 Å². The van der Waals surface area contributed by atoms with E-state index in [1.807, 2.05) is 25.2 Å². The van der Waals surface area contributed by atoms with Crippen molar-refractivity contribution in [3.05, 3.63) is 28.2 Å². The van der Waals surface area contributed by atoms with Gasteiger partial charge in [-0.2, -0.15) is 0 Å². The van der Waals surface area contributed by atoms with Crippen LogP contribution in [0.15, 0.2) is 22.7 Å². The Labute approximate surface area is 110 Å². The molecule has 4 nitrogen and oxygen atoms in total. The lowest BCUT2D eigenvalue weighted by Crippen LogP contribution is -2.27. The summed E-state index contributed by atoms with van der Waals surface area (Å²) in [6, 6.07) is 5.81. The van der Waals surface area contributed by atoms with Crippen molar-refractivity contribution in [2.24, 2.45) is 0 Å². The fourth-order valence-corrected chi connectivity index (χ4v) is 1.83. The normalized spacial score (nSPS) is 10.1. The SMILES string of the molecule is CNCc1cccc(Br)c1OCC(=O)N(C)C. The Morgan fingerprint density at radius 2 is 2.18 bits per heavy atom. The molecule has 0 radical (unpaired) electrons. The summed E-state index contributed by atoms with van der Waals surface area (Å²) in [5, 5.41) is 3.07. The van der Waals surface area contributed by atoms with Crippen molar-refractivity contribution < 1.29 is 9.53 Å². The van der Waals surface area contributed by atoms with Gasteiger partial charge < -0.3 is 15.0 Å². The van der Waals surface area contributed by atoms with E-state index in [2.05, 4.69) is 21.2 Å². The molecule has 0 spiro atoms. The van der Waals surface area contributed by atoms with E-state index in [4.69, 9.17) is 4.74 Å². The predicted molar refractivity (Wildman–Crippen MR) is 71.1 cm³/mol. The molecule has 0 fully saturated rings. The van der Waals surface area contributed by atoms with Crippen LogP contribution >= 0.6 is 15.9 Å². The number of carbonyl (C=O) groups excluding carboxylic acids is 1. The number of benzene rings is 1. The molecule has 0 bridgehead atoms. The summed E-state index contributed by atoms with van der Waals surface area (Å²) < 4.78 is 6.42. The first-order valence-electron chi connectivity index (χ1n) is 5.31. The number of hydrogen-bond donors (Lipinski definition) is 1. The van der Waals surface area contributed by atoms with Gasteiger partial charge in [0, 0.05) is 26.2 Å². The van der Waals surface area contributed by atoms with Crippen molar-refractivity contribution in [3.63, 3.8) is 0 Å². The number of halogens is 1. The van der Waals surface area contributed by atoms with Crippen LogP contribution in [0.4, 0.5) is 0 Å². The van der Waals surface area contributed by atoms with Crippen molar-refractivity contribution >= 4 is 21.8 Å². The molecule has 1 N–H and O–H groups in total. The molecule has 0 unspecified atom stereocenters. The van der Waals surface area contributed by atoms with Gasteiger partial charge in [0.25, 0.3) is 5.91 Å². The Hall–Kier alpha value is -1.07. The van der Waals surface area contributed by atoms with E-state index >= 15 is 0 Å². The Bertz CT molecular complexity index is 394. The number of ether oxygens (including phenoxy) is 1. The topological polar surface area (TPSA) is 41.6 Å². The molecule has 0 aliphatic carbocycles. The number of amides is 1. The second kappa shape index (κ2) is 6.61. The average Bonchev–Trinajstić information content (AvgIpc) is 2.28. The standard InChI is InChI=1S/C12H17BrN2O2/c1-14-7-9-5-4-6-10(13)12(9)17-8-11(16)15(2)3/h4-6,14H,7-8H2,1-3H3. The molecule has 1 amide bonds. The van der Waals surface area contributed by atoms with Crippen LogP contribution in [-0.2, 0) is 11.3 Å². The number of carbonyl (C=O) groups is 1. The molecular weight excluding hydrogens is 284 g/mol. The molecule has 17 heavy (non-hydrogen) atoms. The predicted octanol–water partition coefficient (Wildman–Crippen LogP) is 1.64. The lowest BCUT2D eigenvalue weighted by molar-refractivity contribution is -0.130. The second-order valence-corrected chi connectivity index (χ2v) is 4.69. The highest BCUT2D eigenvalue weighted by Crippen LogP contribution is 2.29. The van der Waals surface area contributed by atoms with Crippen LogP contribution in [0.25, 0.3) is 0 Å². The first kappa shape index (κ1) is 14.0. The summed E-state index contributed by atoms with van der Waals surface area (Å²) in [6.07, 6.45) is 0. The minimum absolute atomic E-state index is 0.0479. The lowest BCUT2D eigenvalue weighted by Gasteiger charge is -2.15. The van der Waals surface area contributed by atoms with Crippen LogP contribution in [0, 0.1) is 0 Å². The number of rotatable bonds is 5. The smallest absolute Gasteiger partial charge is 0.259 e. The molecule has 0 aliphatic heterocycles. The van der Waals surface area contributed by atoms with Crippen LogP contribution in [0.1, 0.15) is 5.56 Å². The van der Waals surface area contributed by atoms with Crippen molar-refractivity contribution in [2.45, 2.75) is 6.54 Å². The van der Waals surface area contributed by atoms with E-state index in [1.165, 1.54) is 4.90 Å². The maximum atomic E-state index is 11.5. The summed E-state index contributed by atoms with van der Waals surface area (Å²) in [5.74, 6) is 0.660. The number of likely N-dealkylation sites (N-methyl/N-ethyl adjacent to an activating group) is 1. The monoisotopic (exact) mass is 300 g/mol. The number of hydrogen-bond acceptors (Lipinski definition) is 3. The summed E-state index contributed by atoms with van der Waals surface area (Å²) in [6.45, 7) is 0.747. The molecule has 0 saturated heterocycles. The quantitative estimate of drug-likeness (QED) is 0.899. The number of nitrogens with zero attached hydrogens (tertiary/aromatic N) is 1. The van der Waals surface area contributed by atoms with E-state index in [0.717, 1.165) is 15.8 Å². The number of nitrogens with one attached hydrogen (secondary N) is 1.